The van der Waals surface area contributed by atoms with Gasteiger partial charge in [0.1, 0.15) is 5.69 Å². The third kappa shape index (κ3) is 6.02. The Morgan fingerprint density at radius 3 is 2.25 bits per heavy atom. The van der Waals surface area contributed by atoms with Gasteiger partial charge in [0.2, 0.25) is 15.9 Å². The van der Waals surface area contributed by atoms with E-state index in [9.17, 15) is 22.0 Å². The van der Waals surface area contributed by atoms with Crippen molar-refractivity contribution in [2.24, 2.45) is 0 Å². The van der Waals surface area contributed by atoms with Crippen LogP contribution in [0.3, 0.4) is 0 Å². The van der Waals surface area contributed by atoms with Crippen LogP contribution < -0.4 is 9.62 Å². The lowest BCUT2D eigenvalue weighted by Crippen LogP contribution is -2.34. The molecule has 2 aromatic rings. The summed E-state index contributed by atoms with van der Waals surface area (Å²) in [6.07, 6.45) is 1.05. The zero-order chi connectivity index (χ0) is 20.7. The number of nitrogens with one attached hydrogen (secondary N) is 1. The molecule has 2 rings (SSSR count). The molecular weight excluding hydrogens is 386 g/mol. The van der Waals surface area contributed by atoms with Gasteiger partial charge in [0.25, 0.3) is 0 Å². The Morgan fingerprint density at radius 2 is 1.68 bits per heavy atom. The van der Waals surface area contributed by atoms with Gasteiger partial charge < -0.3 is 5.32 Å². The molecular formula is C20H24F2N2O3S. The number of rotatable bonds is 9. The fourth-order valence-corrected chi connectivity index (χ4v) is 3.78. The van der Waals surface area contributed by atoms with E-state index in [0.29, 0.717) is 10.8 Å². The molecule has 0 fully saturated rings. The Hall–Kier alpha value is -2.48. The van der Waals surface area contributed by atoms with Crippen LogP contribution in [-0.2, 0) is 14.8 Å². The third-order valence-electron chi connectivity index (χ3n) is 4.33. The lowest BCUT2D eigenvalue weighted by molar-refractivity contribution is -0.121. The van der Waals surface area contributed by atoms with Crippen molar-refractivity contribution < 1.29 is 22.0 Å². The monoisotopic (exact) mass is 410 g/mol. The van der Waals surface area contributed by atoms with Gasteiger partial charge in [-0.3, -0.25) is 9.10 Å². The molecule has 0 saturated heterocycles. The molecule has 0 unspecified atom stereocenters. The molecule has 0 bridgehead atoms. The van der Waals surface area contributed by atoms with Crippen molar-refractivity contribution in [2.45, 2.75) is 25.7 Å². The number of carbonyl (C=O) groups excluding carboxylic acids is 1. The number of hydrogen-bond acceptors (Lipinski definition) is 3. The molecule has 5 nitrogen and oxygen atoms in total. The summed E-state index contributed by atoms with van der Waals surface area (Å²) < 4.78 is 52.5. The van der Waals surface area contributed by atoms with E-state index in [4.69, 9.17) is 0 Å². The first kappa shape index (κ1) is 21.8. The van der Waals surface area contributed by atoms with Gasteiger partial charge in [-0.1, -0.05) is 43.3 Å². The molecule has 28 heavy (non-hydrogen) atoms. The lowest BCUT2D eigenvalue weighted by atomic mass is 10.0. The molecule has 8 heteroatoms. The maximum Gasteiger partial charge on any atom is 0.232 e. The maximum absolute atomic E-state index is 14.0. The Morgan fingerprint density at radius 1 is 1.07 bits per heavy atom. The molecule has 1 amide bonds. The van der Waals surface area contributed by atoms with Crippen LogP contribution in [0.15, 0.2) is 48.5 Å². The zero-order valence-corrected chi connectivity index (χ0v) is 16.7. The number of para-hydroxylation sites is 1. The van der Waals surface area contributed by atoms with Gasteiger partial charge in [0.15, 0.2) is 11.6 Å². The quantitative estimate of drug-likeness (QED) is 0.689. The summed E-state index contributed by atoms with van der Waals surface area (Å²) in [6, 6.07) is 12.9. The van der Waals surface area contributed by atoms with E-state index < -0.39 is 27.3 Å². The summed E-state index contributed by atoms with van der Waals surface area (Å²) >= 11 is 0. The van der Waals surface area contributed by atoms with Crippen LogP contribution in [0.1, 0.15) is 31.2 Å². The molecule has 0 aliphatic carbocycles. The summed E-state index contributed by atoms with van der Waals surface area (Å²) in [6.45, 7) is 2.24. The average Bonchev–Trinajstić information content (AvgIpc) is 2.64. The van der Waals surface area contributed by atoms with Crippen LogP contribution in [0.5, 0.6) is 0 Å². The van der Waals surface area contributed by atoms with Crippen LogP contribution in [0.4, 0.5) is 14.5 Å². The minimum Gasteiger partial charge on any atom is -0.356 e. The van der Waals surface area contributed by atoms with Crippen LogP contribution >= 0.6 is 0 Å². The summed E-state index contributed by atoms with van der Waals surface area (Å²) in [4.78, 5) is 12.1. The first-order valence-corrected chi connectivity index (χ1v) is 10.8. The molecule has 2 aromatic carbocycles. The lowest BCUT2D eigenvalue weighted by Gasteiger charge is -2.23. The third-order valence-corrected chi connectivity index (χ3v) is 5.49. The second kappa shape index (κ2) is 9.64. The first-order valence-electron chi connectivity index (χ1n) is 8.93. The van der Waals surface area contributed by atoms with Gasteiger partial charge in [-0.15, -0.1) is 0 Å². The summed E-state index contributed by atoms with van der Waals surface area (Å²) in [5, 5.41) is 2.80. The highest BCUT2D eigenvalue weighted by Crippen LogP contribution is 2.25. The highest BCUT2D eigenvalue weighted by Gasteiger charge is 2.24. The number of carbonyl (C=O) groups is 1. The minimum atomic E-state index is -3.90. The average molecular weight is 410 g/mol. The number of anilines is 1. The number of hydrogen-bond donors (Lipinski definition) is 1. The second-order valence-corrected chi connectivity index (χ2v) is 8.53. The topological polar surface area (TPSA) is 66.5 Å². The molecule has 1 N–H and O–H groups in total. The van der Waals surface area contributed by atoms with Crippen LogP contribution in [0, 0.1) is 11.6 Å². The van der Waals surface area contributed by atoms with Crippen molar-refractivity contribution in [3.63, 3.8) is 0 Å². The van der Waals surface area contributed by atoms with Gasteiger partial charge >= 0.3 is 0 Å². The van der Waals surface area contributed by atoms with Gasteiger partial charge in [0.05, 0.1) is 6.26 Å². The van der Waals surface area contributed by atoms with E-state index in [1.807, 2.05) is 37.3 Å². The number of nitrogens with zero attached hydrogens (tertiary/aromatic N) is 1. The molecule has 0 aliphatic rings. The van der Waals surface area contributed by atoms with Gasteiger partial charge in [-0.25, -0.2) is 17.2 Å². The molecule has 152 valence electrons. The van der Waals surface area contributed by atoms with Crippen LogP contribution in [0.25, 0.3) is 0 Å². The maximum atomic E-state index is 14.0. The number of halogens is 2. The largest absolute Gasteiger partial charge is 0.356 e. The van der Waals surface area contributed by atoms with Crippen molar-refractivity contribution in [1.82, 2.24) is 5.32 Å². The SMILES string of the molecule is C[C@H](CNC(=O)CCCN(c1c(F)cccc1F)S(C)(=O)=O)c1ccccc1. The normalized spacial score (nSPS) is 12.4. The minimum absolute atomic E-state index is 0.0452. The molecule has 0 saturated carbocycles. The van der Waals surface area contributed by atoms with E-state index in [-0.39, 0.29) is 31.2 Å². The smallest absolute Gasteiger partial charge is 0.232 e. The van der Waals surface area contributed by atoms with E-state index in [1.165, 1.54) is 0 Å². The van der Waals surface area contributed by atoms with Crippen molar-refractivity contribution in [3.05, 3.63) is 65.7 Å². The summed E-state index contributed by atoms with van der Waals surface area (Å²) in [7, 11) is -3.90. The number of sulfonamides is 1. The van der Waals surface area contributed by atoms with Gasteiger partial charge in [0, 0.05) is 19.5 Å². The Labute approximate surface area is 164 Å². The van der Waals surface area contributed by atoms with E-state index in [0.717, 1.165) is 30.0 Å². The van der Waals surface area contributed by atoms with E-state index in [1.54, 1.807) is 0 Å². The fraction of sp³-hybridized carbons (Fsp3) is 0.350. The van der Waals surface area contributed by atoms with Crippen LogP contribution in [0.2, 0.25) is 0 Å². The van der Waals surface area contributed by atoms with Crippen molar-refractivity contribution in [2.75, 3.05) is 23.7 Å². The summed E-state index contributed by atoms with van der Waals surface area (Å²) in [5.74, 6) is -2.05. The highest BCUT2D eigenvalue weighted by molar-refractivity contribution is 7.92. The van der Waals surface area contributed by atoms with Gasteiger partial charge in [-0.05, 0) is 30.0 Å². The van der Waals surface area contributed by atoms with Crippen molar-refractivity contribution >= 4 is 21.6 Å². The Kier molecular flexibility index (Phi) is 7.51. The predicted molar refractivity (Wildman–Crippen MR) is 106 cm³/mol. The number of benzene rings is 2. The second-order valence-electron chi connectivity index (χ2n) is 6.62. The fourth-order valence-electron chi connectivity index (χ4n) is 2.81. The molecule has 1 atom stereocenters. The van der Waals surface area contributed by atoms with E-state index >= 15 is 0 Å². The predicted octanol–water partition coefficient (Wildman–Crippen LogP) is 3.43. The van der Waals surface area contributed by atoms with Gasteiger partial charge in [-0.2, -0.15) is 0 Å². The number of amides is 1. The standard InChI is InChI=1S/C20H24F2N2O3S/c1-15(16-8-4-3-5-9-16)14-23-19(25)12-7-13-24(28(2,26)27)20-17(21)10-6-11-18(20)22/h3-6,8-11,15H,7,12-14H2,1-2H3,(H,23,25)/t15-/m1/s1. The zero-order valence-electron chi connectivity index (χ0n) is 15.9. The summed E-state index contributed by atoms with van der Waals surface area (Å²) in [5.41, 5.74) is 0.476. The highest BCUT2D eigenvalue weighted by atomic mass is 32.2. The molecule has 0 radical (unpaired) electrons. The molecule has 0 spiro atoms. The van der Waals surface area contributed by atoms with Crippen molar-refractivity contribution in [1.29, 1.82) is 0 Å². The Balaban J connectivity index is 1.91. The van der Waals surface area contributed by atoms with Crippen LogP contribution in [-0.4, -0.2) is 33.7 Å². The van der Waals surface area contributed by atoms with E-state index in [2.05, 4.69) is 5.32 Å². The first-order chi connectivity index (χ1) is 13.2. The Bertz CT molecular complexity index is 885. The molecule has 0 aliphatic heterocycles. The molecule has 0 heterocycles. The van der Waals surface area contributed by atoms with Crippen molar-refractivity contribution in [3.8, 4) is 0 Å². The molecule has 0 aromatic heterocycles.